The first-order valence-electron chi connectivity index (χ1n) is 11.4. The molecular formula is C24H28N6O2. The third-order valence-electron chi connectivity index (χ3n) is 4.82. The molecule has 4 N–H and O–H groups in total. The molecule has 0 aliphatic carbocycles. The van der Waals surface area contributed by atoms with Crippen molar-refractivity contribution in [1.82, 2.24) is 20.2 Å². The van der Waals surface area contributed by atoms with Crippen LogP contribution in [-0.2, 0) is 6.56 Å². The number of hydrogen-bond donors (Lipinski definition) is 3. The standard InChI is InChI=1S/C24H28N6O2/c1-24(2,31)7-6-18-4-3-5-19(12-18)17-32-22-13-20(14-27-23(22)25)21-15-28-30(16-21)29-10-8-26-9-11-29/h3-5,12-16,26,31H,8-11,17H2,1-2H3,(H2,25,27)/i17D2. The fourth-order valence-corrected chi connectivity index (χ4v) is 3.17. The number of anilines is 1. The molecule has 0 bridgehead atoms. The molecular weight excluding hydrogens is 404 g/mol. The van der Waals surface area contributed by atoms with Gasteiger partial charge in [0.05, 0.1) is 15.1 Å². The SMILES string of the molecule is [2H]C([2H])(Oc1cc(-c2cnn(N3CCNCC3)c2)cnc1N)c1cccc(C#CC(C)(C)O)c1. The lowest BCUT2D eigenvalue weighted by atomic mass is 10.1. The Morgan fingerprint density at radius 1 is 1.25 bits per heavy atom. The van der Waals surface area contributed by atoms with E-state index < -0.39 is 12.2 Å². The van der Waals surface area contributed by atoms with Gasteiger partial charge in [0.25, 0.3) is 0 Å². The summed E-state index contributed by atoms with van der Waals surface area (Å²) in [5, 5.41) is 19.7. The average molecular weight is 435 g/mol. The molecule has 3 heterocycles. The molecule has 1 fully saturated rings. The first-order valence-corrected chi connectivity index (χ1v) is 10.4. The molecule has 4 rings (SSSR count). The summed E-state index contributed by atoms with van der Waals surface area (Å²) >= 11 is 0. The van der Waals surface area contributed by atoms with Crippen molar-refractivity contribution >= 4 is 5.82 Å². The van der Waals surface area contributed by atoms with Crippen molar-refractivity contribution < 1.29 is 12.6 Å². The van der Waals surface area contributed by atoms with E-state index in [2.05, 4.69) is 32.2 Å². The quantitative estimate of drug-likeness (QED) is 0.526. The molecule has 32 heavy (non-hydrogen) atoms. The van der Waals surface area contributed by atoms with Gasteiger partial charge in [-0.1, -0.05) is 24.0 Å². The van der Waals surface area contributed by atoms with Crippen molar-refractivity contribution in [3.63, 3.8) is 0 Å². The summed E-state index contributed by atoms with van der Waals surface area (Å²) in [4.78, 5) is 6.02. The molecule has 1 saturated heterocycles. The van der Waals surface area contributed by atoms with Crippen LogP contribution in [0.2, 0.25) is 0 Å². The number of nitrogens with two attached hydrogens (primary N) is 1. The third-order valence-corrected chi connectivity index (χ3v) is 4.82. The van der Waals surface area contributed by atoms with Crippen LogP contribution in [0.4, 0.5) is 5.82 Å². The maximum absolute atomic E-state index is 9.82. The van der Waals surface area contributed by atoms with Crippen LogP contribution in [0, 0.1) is 11.8 Å². The normalized spacial score (nSPS) is 15.4. The maximum Gasteiger partial charge on any atom is 0.166 e. The number of aromatic nitrogens is 3. The predicted molar refractivity (Wildman–Crippen MR) is 125 cm³/mol. The third kappa shape index (κ3) is 5.58. The van der Waals surface area contributed by atoms with Gasteiger partial charge in [0, 0.05) is 49.1 Å². The van der Waals surface area contributed by atoms with Gasteiger partial charge in [0.1, 0.15) is 12.2 Å². The summed E-state index contributed by atoms with van der Waals surface area (Å²) in [7, 11) is 0. The molecule has 1 aliphatic heterocycles. The van der Waals surface area contributed by atoms with Gasteiger partial charge in [-0.2, -0.15) is 9.89 Å². The Balaban J connectivity index is 1.56. The Labute approximate surface area is 190 Å². The summed E-state index contributed by atoms with van der Waals surface area (Å²) < 4.78 is 22.7. The van der Waals surface area contributed by atoms with Gasteiger partial charge < -0.3 is 20.9 Å². The number of rotatable bonds is 5. The highest BCUT2D eigenvalue weighted by atomic mass is 16.5. The number of piperazine rings is 1. The smallest absolute Gasteiger partial charge is 0.166 e. The molecule has 0 spiro atoms. The highest BCUT2D eigenvalue weighted by Gasteiger charge is 2.13. The van der Waals surface area contributed by atoms with Crippen LogP contribution in [0.3, 0.4) is 0 Å². The van der Waals surface area contributed by atoms with Gasteiger partial charge in [-0.3, -0.25) is 5.01 Å². The van der Waals surface area contributed by atoms with Crippen LogP contribution in [0.5, 0.6) is 5.75 Å². The minimum Gasteiger partial charge on any atom is -0.485 e. The maximum atomic E-state index is 9.82. The second-order valence-corrected chi connectivity index (χ2v) is 8.05. The molecule has 2 aromatic heterocycles. The van der Waals surface area contributed by atoms with Gasteiger partial charge in [0.2, 0.25) is 0 Å². The van der Waals surface area contributed by atoms with Crippen molar-refractivity contribution in [2.45, 2.75) is 26.0 Å². The van der Waals surface area contributed by atoms with Crippen LogP contribution in [0.25, 0.3) is 11.1 Å². The Hall–Kier alpha value is -3.54. The highest BCUT2D eigenvalue weighted by Crippen LogP contribution is 2.27. The van der Waals surface area contributed by atoms with Crippen LogP contribution >= 0.6 is 0 Å². The number of aliphatic hydroxyl groups is 1. The number of pyridine rings is 1. The molecule has 0 atom stereocenters. The van der Waals surface area contributed by atoms with Crippen molar-refractivity contribution in [2.75, 3.05) is 36.9 Å². The molecule has 0 amide bonds. The topological polar surface area (TPSA) is 101 Å². The number of ether oxygens (including phenoxy) is 1. The van der Waals surface area contributed by atoms with Crippen LogP contribution in [-0.4, -0.2) is 51.8 Å². The minimum absolute atomic E-state index is 0.0834. The summed E-state index contributed by atoms with van der Waals surface area (Å²) in [5.74, 6) is 5.79. The summed E-state index contributed by atoms with van der Waals surface area (Å²) in [6.07, 6.45) is 5.25. The molecule has 8 nitrogen and oxygen atoms in total. The molecule has 8 heteroatoms. The van der Waals surface area contributed by atoms with Crippen LogP contribution < -0.4 is 20.8 Å². The largest absolute Gasteiger partial charge is 0.485 e. The van der Waals surface area contributed by atoms with E-state index in [1.807, 2.05) is 11.0 Å². The first kappa shape index (κ1) is 19.2. The lowest BCUT2D eigenvalue weighted by Crippen LogP contribution is -2.49. The molecule has 1 aromatic carbocycles. The van der Waals surface area contributed by atoms with E-state index in [-0.39, 0.29) is 17.1 Å². The Bertz CT molecular complexity index is 1220. The van der Waals surface area contributed by atoms with Gasteiger partial charge in [-0.25, -0.2) is 4.98 Å². The Morgan fingerprint density at radius 2 is 2.06 bits per heavy atom. The van der Waals surface area contributed by atoms with Crippen molar-refractivity contribution in [3.05, 3.63) is 60.0 Å². The fraction of sp³-hybridized carbons (Fsp3) is 0.333. The number of nitrogens with zero attached hydrogens (tertiary/aromatic N) is 4. The summed E-state index contributed by atoms with van der Waals surface area (Å²) in [6, 6.07) is 8.29. The van der Waals surface area contributed by atoms with Crippen LogP contribution in [0.15, 0.2) is 48.9 Å². The van der Waals surface area contributed by atoms with Gasteiger partial charge in [0.15, 0.2) is 11.6 Å². The van der Waals surface area contributed by atoms with Gasteiger partial charge in [-0.05, 0) is 37.6 Å². The molecule has 0 unspecified atom stereocenters. The van der Waals surface area contributed by atoms with E-state index in [9.17, 15) is 5.11 Å². The monoisotopic (exact) mass is 434 g/mol. The number of hydrogen-bond acceptors (Lipinski definition) is 7. The second-order valence-electron chi connectivity index (χ2n) is 8.05. The predicted octanol–water partition coefficient (Wildman–Crippen LogP) is 1.77. The van der Waals surface area contributed by atoms with E-state index in [0.717, 1.165) is 31.7 Å². The van der Waals surface area contributed by atoms with Crippen molar-refractivity contribution in [3.8, 4) is 28.7 Å². The zero-order chi connectivity index (χ0) is 24.3. The second kappa shape index (κ2) is 9.30. The van der Waals surface area contributed by atoms with E-state index in [4.69, 9.17) is 13.2 Å². The lowest BCUT2D eigenvalue weighted by molar-refractivity contribution is 0.143. The van der Waals surface area contributed by atoms with Crippen molar-refractivity contribution in [1.29, 1.82) is 0 Å². The first-order chi connectivity index (χ1) is 16.1. The summed E-state index contributed by atoms with van der Waals surface area (Å²) in [5.41, 5.74) is 7.23. The van der Waals surface area contributed by atoms with Crippen molar-refractivity contribution in [2.24, 2.45) is 0 Å². The average Bonchev–Trinajstić information content (AvgIpc) is 3.30. The lowest BCUT2D eigenvalue weighted by Gasteiger charge is -2.28. The van der Waals surface area contributed by atoms with Crippen LogP contribution in [0.1, 0.15) is 27.7 Å². The molecule has 0 saturated carbocycles. The Morgan fingerprint density at radius 3 is 2.84 bits per heavy atom. The summed E-state index contributed by atoms with van der Waals surface area (Å²) in [6.45, 7) is 4.49. The van der Waals surface area contributed by atoms with Gasteiger partial charge >= 0.3 is 0 Å². The number of nitrogen functional groups attached to an aromatic ring is 1. The zero-order valence-corrected chi connectivity index (χ0v) is 18.2. The van der Waals surface area contributed by atoms with E-state index in [0.29, 0.717) is 11.1 Å². The molecule has 0 radical (unpaired) electrons. The molecule has 166 valence electrons. The van der Waals surface area contributed by atoms with E-state index in [1.165, 1.54) is 0 Å². The Kier molecular flexibility index (Phi) is 5.57. The highest BCUT2D eigenvalue weighted by molar-refractivity contribution is 5.65. The minimum atomic E-state index is -2.19. The zero-order valence-electron chi connectivity index (χ0n) is 20.2. The molecule has 1 aliphatic rings. The number of benzene rings is 1. The van der Waals surface area contributed by atoms with E-state index in [1.54, 1.807) is 56.6 Å². The van der Waals surface area contributed by atoms with Gasteiger partial charge in [-0.15, -0.1) is 0 Å². The fourth-order valence-electron chi connectivity index (χ4n) is 3.17. The van der Waals surface area contributed by atoms with E-state index >= 15 is 0 Å². The molecule has 3 aromatic rings. The number of nitrogens with one attached hydrogen (secondary N) is 1.